The molecule has 80 heavy (non-hydrogen) atoms. The number of halogens is 2. The Labute approximate surface area is 471 Å². The zero-order valence-corrected chi connectivity index (χ0v) is 47.2. The number of aromatic hydroxyl groups is 3. The fourth-order valence-electron chi connectivity index (χ4n) is 7.45. The zero-order chi connectivity index (χ0) is 60.1. The number of phenolic OH excluding ortho intramolecular Hbond substituents is 3. The number of esters is 1. The van der Waals surface area contributed by atoms with Crippen LogP contribution in [0.2, 0.25) is 0 Å². The van der Waals surface area contributed by atoms with Gasteiger partial charge in [-0.2, -0.15) is 0 Å². The van der Waals surface area contributed by atoms with Crippen LogP contribution in [0.3, 0.4) is 0 Å². The van der Waals surface area contributed by atoms with Crippen LogP contribution in [0.5, 0.6) is 34.5 Å². The summed E-state index contributed by atoms with van der Waals surface area (Å²) in [6.45, 7) is 19.6. The molecule has 0 saturated heterocycles. The van der Waals surface area contributed by atoms with Crippen molar-refractivity contribution >= 4 is 80.4 Å². The number of benzene rings is 6. The molecule has 6 aromatic rings. The van der Waals surface area contributed by atoms with Crippen molar-refractivity contribution < 1.29 is 68.4 Å². The number of nitrogens with one attached hydrogen (secondary N) is 2. The number of nitro benzene ring substituents is 2. The second-order valence-electron chi connectivity index (χ2n) is 17.7. The number of likely N-dealkylation sites (N-methyl/N-ethyl adjacent to an activating group) is 1. The van der Waals surface area contributed by atoms with Crippen LogP contribution < -0.4 is 35.5 Å². The number of anilines is 4. The van der Waals surface area contributed by atoms with E-state index in [2.05, 4.69) is 79.3 Å². The van der Waals surface area contributed by atoms with E-state index in [-0.39, 0.29) is 29.7 Å². The Hall–Kier alpha value is -9.02. The molecule has 8 N–H and O–H groups in total. The van der Waals surface area contributed by atoms with Gasteiger partial charge in [0.15, 0.2) is 12.4 Å². The number of hydrogen-bond acceptors (Lipinski definition) is 18. The molecule has 0 radical (unpaired) electrons. The molecule has 3 aliphatic heterocycles. The Morgan fingerprint density at radius 2 is 1.19 bits per heavy atom. The molecule has 0 saturated carbocycles. The van der Waals surface area contributed by atoms with Crippen LogP contribution in [0.15, 0.2) is 84.9 Å². The number of carbonyl (C=O) groups is 4. The molecule has 0 spiro atoms. The second kappa shape index (κ2) is 30.8. The van der Waals surface area contributed by atoms with E-state index in [4.69, 9.17) is 53.4 Å². The van der Waals surface area contributed by atoms with Gasteiger partial charge < -0.3 is 60.6 Å². The largest absolute Gasteiger partial charge is 0.506 e. The molecule has 6 aromatic carbocycles. The highest BCUT2D eigenvalue weighted by Gasteiger charge is 2.25. The van der Waals surface area contributed by atoms with Crippen molar-refractivity contribution in [2.75, 3.05) is 74.2 Å². The summed E-state index contributed by atoms with van der Waals surface area (Å²) >= 11 is 9.55. The number of ether oxygens (including phenoxy) is 4. The lowest BCUT2D eigenvalue weighted by molar-refractivity contribution is -0.386. The molecular weight excluding hydrogens is 1080 g/mol. The van der Waals surface area contributed by atoms with Gasteiger partial charge in [0.1, 0.15) is 47.3 Å². The van der Waals surface area contributed by atoms with Crippen LogP contribution in [0.25, 0.3) is 0 Å². The molecule has 24 heteroatoms. The Bertz CT molecular complexity index is 3170. The monoisotopic (exact) mass is 1150 g/mol. The zero-order valence-electron chi connectivity index (χ0n) is 45.7. The van der Waals surface area contributed by atoms with Gasteiger partial charge in [-0.1, -0.05) is 60.7 Å². The fraction of sp³-hybridized carbons (Fsp3) is 0.286. The lowest BCUT2D eigenvalue weighted by Gasteiger charge is -2.30. The van der Waals surface area contributed by atoms with Crippen molar-refractivity contribution in [1.82, 2.24) is 0 Å². The van der Waals surface area contributed by atoms with Crippen LogP contribution in [-0.4, -0.2) is 106 Å². The lowest BCUT2D eigenvalue weighted by atomic mass is 10.1. The minimum atomic E-state index is -1.44. The Morgan fingerprint density at radius 3 is 1.70 bits per heavy atom. The average molecular weight is 1150 g/mol. The van der Waals surface area contributed by atoms with E-state index in [0.29, 0.717) is 5.69 Å². The maximum atomic E-state index is 11.1. The summed E-state index contributed by atoms with van der Waals surface area (Å²) in [5, 5.41) is 62.5. The SMILES string of the molecule is COC(=O)c1cccc([N+](=O)[O-])c1O.Cc1ccc(C)c(O)c1N.Cc1ccc(C)c2c1NC(=O)CO2.Cc1ccc(C)c2c1NCCO2.Cc1ccc(C)c2c1OCCN2C.O=C(Cl)CCl.O=C(O)c1cccc(O)c1[N+](=O)[O-]. The number of alkyl halides is 1. The molecular formula is C56H64Cl2N6O16. The highest BCUT2D eigenvalue weighted by Crippen LogP contribution is 2.38. The molecule has 3 aliphatic rings. The minimum Gasteiger partial charge on any atom is -0.506 e. The number of nitrogen functional groups attached to an aromatic ring is 1. The van der Waals surface area contributed by atoms with Crippen molar-refractivity contribution in [3.8, 4) is 34.5 Å². The summed E-state index contributed by atoms with van der Waals surface area (Å²) in [4.78, 5) is 63.2. The standard InChI is InChI=1S/C11H15NO.C10H11NO2.C10H13NO.C8H7NO5.C8H11NO.C7H5NO5.C2H2Cl2O/c1-8-4-5-9(2)11-10(8)12(3)6-7-13-11;1-6-3-4-7(2)10-9(6)11-8(12)5-13-10;1-7-3-4-8(2)10-9(7)11-5-6-12-10;1-14-8(11)5-3-2-4-6(7(5)10)9(12)13;1-5-3-4-6(2)8(10)7(5)9;9-5-3-1-2-4(7(10)11)6(5)8(12)13;3-1-2(4)5/h4-5H,6-7H2,1-3H3;3-4H,5H2,1-2H3,(H,11,12);3-4,11H,5-6H2,1-2H3;2-4,10H,1H3;3-4,10H,9H2,1-2H3;1-3,9H,(H,10,11);1H2. The number of nitro groups is 2. The van der Waals surface area contributed by atoms with Crippen LogP contribution in [0.4, 0.5) is 34.1 Å². The first-order valence-corrected chi connectivity index (χ1v) is 25.1. The summed E-state index contributed by atoms with van der Waals surface area (Å²) in [7, 11) is 3.24. The van der Waals surface area contributed by atoms with Gasteiger partial charge in [0.25, 0.3) is 5.91 Å². The molecule has 9 rings (SSSR count). The molecule has 0 fully saturated rings. The second-order valence-corrected chi connectivity index (χ2v) is 18.4. The van der Waals surface area contributed by atoms with Crippen molar-refractivity contribution in [1.29, 1.82) is 0 Å². The molecule has 3 heterocycles. The number of hydrogen-bond donors (Lipinski definition) is 7. The van der Waals surface area contributed by atoms with E-state index >= 15 is 0 Å². The molecule has 0 unspecified atom stereocenters. The average Bonchev–Trinajstić information content (AvgIpc) is 3.43. The van der Waals surface area contributed by atoms with Crippen molar-refractivity contribution in [3.63, 3.8) is 0 Å². The Balaban J connectivity index is 0.000000248. The number of nitrogens with zero attached hydrogens (tertiary/aromatic N) is 3. The van der Waals surface area contributed by atoms with Crippen molar-refractivity contribution in [2.45, 2.75) is 55.4 Å². The number of carbonyl (C=O) groups excluding carboxylic acids is 3. The quantitative estimate of drug-likeness (QED) is 0.0160. The molecule has 0 aromatic heterocycles. The van der Waals surface area contributed by atoms with Crippen molar-refractivity contribution in [2.24, 2.45) is 0 Å². The summed E-state index contributed by atoms with van der Waals surface area (Å²) in [6.07, 6.45) is 0. The predicted octanol–water partition coefficient (Wildman–Crippen LogP) is 10.5. The molecule has 22 nitrogen and oxygen atoms in total. The summed E-state index contributed by atoms with van der Waals surface area (Å²) < 4.78 is 20.9. The van der Waals surface area contributed by atoms with E-state index in [0.717, 1.165) is 96.8 Å². The van der Waals surface area contributed by atoms with Gasteiger partial charge in [-0.15, -0.1) is 11.6 Å². The third-order valence-electron chi connectivity index (χ3n) is 11.8. The van der Waals surface area contributed by atoms with Crippen LogP contribution in [-0.2, 0) is 14.3 Å². The molecule has 0 atom stereocenters. The molecule has 0 aliphatic carbocycles. The Morgan fingerprint density at radius 1 is 0.688 bits per heavy atom. The minimum absolute atomic E-state index is 0.0822. The summed E-state index contributed by atoms with van der Waals surface area (Å²) in [5.74, 6) is -0.652. The van der Waals surface area contributed by atoms with Gasteiger partial charge in [0, 0.05) is 19.7 Å². The number of phenols is 3. The summed E-state index contributed by atoms with van der Waals surface area (Å²) in [6, 6.07) is 23.2. The normalized spacial score (nSPS) is 11.9. The van der Waals surface area contributed by atoms with Gasteiger partial charge in [0.05, 0.1) is 52.1 Å². The number of rotatable bonds is 5. The number of carboxylic acids is 1. The van der Waals surface area contributed by atoms with Gasteiger partial charge in [0.2, 0.25) is 11.0 Å². The smallest absolute Gasteiger partial charge is 0.342 e. The number of methoxy groups -OCH3 is 1. The number of aromatic carboxylic acids is 1. The van der Waals surface area contributed by atoms with Crippen LogP contribution in [0, 0.1) is 75.6 Å². The van der Waals surface area contributed by atoms with E-state index in [1.807, 2.05) is 52.0 Å². The first-order chi connectivity index (χ1) is 37.7. The topological polar surface area (TPSA) is 326 Å². The van der Waals surface area contributed by atoms with E-state index in [1.54, 1.807) is 0 Å². The highest BCUT2D eigenvalue weighted by molar-refractivity contribution is 6.67. The van der Waals surface area contributed by atoms with E-state index in [9.17, 15) is 49.6 Å². The van der Waals surface area contributed by atoms with Crippen LogP contribution >= 0.6 is 23.2 Å². The van der Waals surface area contributed by atoms with Gasteiger partial charge >= 0.3 is 23.3 Å². The number of aryl methyl sites for hydroxylation is 8. The van der Waals surface area contributed by atoms with E-state index in [1.165, 1.54) is 51.8 Å². The number of nitrogens with two attached hydrogens (primary N) is 1. The van der Waals surface area contributed by atoms with Crippen LogP contribution in [0.1, 0.15) is 65.2 Å². The highest BCUT2D eigenvalue weighted by atomic mass is 35.5. The maximum absolute atomic E-state index is 11.1. The number of amides is 1. The third-order valence-corrected chi connectivity index (χ3v) is 12.3. The van der Waals surface area contributed by atoms with Crippen molar-refractivity contribution in [3.05, 3.63) is 161 Å². The third kappa shape index (κ3) is 18.0. The Kier molecular flexibility index (Phi) is 25.1. The summed E-state index contributed by atoms with van der Waals surface area (Å²) in [5.41, 5.74) is 16.0. The van der Waals surface area contributed by atoms with Gasteiger partial charge in [-0.25, -0.2) is 9.59 Å². The first kappa shape index (κ1) is 65.3. The fourth-order valence-corrected chi connectivity index (χ4v) is 7.45. The number of carboxylic acid groups (broad SMARTS) is 1. The molecule has 428 valence electrons. The first-order valence-electron chi connectivity index (χ1n) is 24.2. The number of para-hydroxylation sites is 2. The number of fused-ring (bicyclic) bond motifs is 3. The van der Waals surface area contributed by atoms with Gasteiger partial charge in [-0.05, 0) is 130 Å². The predicted molar refractivity (Wildman–Crippen MR) is 306 cm³/mol. The molecule has 0 bridgehead atoms. The van der Waals surface area contributed by atoms with Gasteiger partial charge in [-0.3, -0.25) is 29.8 Å². The van der Waals surface area contributed by atoms with E-state index < -0.39 is 55.5 Å². The molecule has 1 amide bonds. The maximum Gasteiger partial charge on any atom is 0.342 e. The lowest BCUT2D eigenvalue weighted by Crippen LogP contribution is -2.29.